The van der Waals surface area contributed by atoms with Gasteiger partial charge < -0.3 is 10.1 Å². The smallest absolute Gasteiger partial charge is 0.344 e. The first-order valence-corrected chi connectivity index (χ1v) is 8.83. The number of H-pyrrole nitrogens is 1. The SMILES string of the molecule is CCOc1ccc(NC(=O)[C@H](C)Sc2n[nH]c(=O)n2C2CC2)cc1. The molecule has 1 atom stereocenters. The molecule has 2 aromatic rings. The number of anilines is 1. The van der Waals surface area contributed by atoms with Crippen molar-refractivity contribution in [2.75, 3.05) is 11.9 Å². The van der Waals surface area contributed by atoms with Crippen molar-refractivity contribution in [2.24, 2.45) is 0 Å². The van der Waals surface area contributed by atoms with Gasteiger partial charge in [-0.15, -0.1) is 5.10 Å². The van der Waals surface area contributed by atoms with Gasteiger partial charge >= 0.3 is 5.69 Å². The Balaban J connectivity index is 1.61. The van der Waals surface area contributed by atoms with Gasteiger partial charge in [-0.2, -0.15) is 0 Å². The van der Waals surface area contributed by atoms with Gasteiger partial charge in [0.15, 0.2) is 5.16 Å². The van der Waals surface area contributed by atoms with E-state index in [0.717, 1.165) is 18.6 Å². The fourth-order valence-electron chi connectivity index (χ4n) is 2.28. The van der Waals surface area contributed by atoms with Crippen LogP contribution < -0.4 is 15.7 Å². The predicted molar refractivity (Wildman–Crippen MR) is 92.7 cm³/mol. The minimum absolute atomic E-state index is 0.137. The van der Waals surface area contributed by atoms with Crippen LogP contribution in [0.4, 0.5) is 5.69 Å². The molecule has 1 aromatic carbocycles. The molecule has 1 aliphatic rings. The normalized spacial score (nSPS) is 15.1. The van der Waals surface area contributed by atoms with Crippen molar-refractivity contribution in [3.8, 4) is 5.75 Å². The van der Waals surface area contributed by atoms with Gasteiger partial charge in [-0.1, -0.05) is 11.8 Å². The molecule has 1 heterocycles. The maximum Gasteiger partial charge on any atom is 0.344 e. The van der Waals surface area contributed by atoms with Gasteiger partial charge in [0.2, 0.25) is 5.91 Å². The summed E-state index contributed by atoms with van der Waals surface area (Å²) in [5, 5.41) is 9.55. The molecule has 1 aliphatic carbocycles. The largest absolute Gasteiger partial charge is 0.494 e. The van der Waals surface area contributed by atoms with Gasteiger partial charge in [0.25, 0.3) is 0 Å². The lowest BCUT2D eigenvalue weighted by Gasteiger charge is -2.12. The fourth-order valence-corrected chi connectivity index (χ4v) is 3.21. The first-order valence-electron chi connectivity index (χ1n) is 7.95. The molecule has 7 nitrogen and oxygen atoms in total. The topological polar surface area (TPSA) is 89.0 Å². The van der Waals surface area contributed by atoms with E-state index in [2.05, 4.69) is 15.5 Å². The minimum atomic E-state index is -0.371. The summed E-state index contributed by atoms with van der Waals surface area (Å²) in [5.74, 6) is 0.629. The number of aromatic nitrogens is 3. The summed E-state index contributed by atoms with van der Waals surface area (Å²) < 4.78 is 7.02. The zero-order chi connectivity index (χ0) is 17.1. The van der Waals surface area contributed by atoms with E-state index in [1.54, 1.807) is 23.6 Å². The highest BCUT2D eigenvalue weighted by atomic mass is 32.2. The number of ether oxygens (including phenoxy) is 1. The number of carbonyl (C=O) groups excluding carboxylic acids is 1. The third kappa shape index (κ3) is 3.81. The highest BCUT2D eigenvalue weighted by Gasteiger charge is 2.30. The molecular formula is C16H20N4O3S. The standard InChI is InChI=1S/C16H20N4O3S/c1-3-23-13-8-4-11(5-9-13)17-14(21)10(2)24-16-19-18-15(22)20(16)12-6-7-12/h4-5,8-10,12H,3,6-7H2,1-2H3,(H,17,21)(H,18,22)/t10-/m0/s1. The zero-order valence-electron chi connectivity index (χ0n) is 13.6. The zero-order valence-corrected chi connectivity index (χ0v) is 14.4. The Morgan fingerprint density at radius 1 is 1.46 bits per heavy atom. The van der Waals surface area contributed by atoms with E-state index in [9.17, 15) is 9.59 Å². The fraction of sp³-hybridized carbons (Fsp3) is 0.438. The second-order valence-corrected chi connectivity index (χ2v) is 6.93. The van der Waals surface area contributed by atoms with Crippen LogP contribution in [-0.4, -0.2) is 32.5 Å². The van der Waals surface area contributed by atoms with Crippen LogP contribution in [0.15, 0.2) is 34.2 Å². The molecule has 128 valence electrons. The van der Waals surface area contributed by atoms with Crippen LogP contribution in [-0.2, 0) is 4.79 Å². The third-order valence-corrected chi connectivity index (χ3v) is 4.73. The maximum atomic E-state index is 12.3. The lowest BCUT2D eigenvalue weighted by molar-refractivity contribution is -0.115. The third-order valence-electron chi connectivity index (χ3n) is 3.67. The van der Waals surface area contributed by atoms with E-state index in [4.69, 9.17) is 4.74 Å². The van der Waals surface area contributed by atoms with Crippen LogP contribution >= 0.6 is 11.8 Å². The Morgan fingerprint density at radius 3 is 2.79 bits per heavy atom. The van der Waals surface area contributed by atoms with Crippen LogP contribution in [0.5, 0.6) is 5.75 Å². The van der Waals surface area contributed by atoms with E-state index in [1.807, 2.05) is 19.1 Å². The van der Waals surface area contributed by atoms with E-state index in [1.165, 1.54) is 11.8 Å². The second-order valence-electron chi connectivity index (χ2n) is 5.62. The van der Waals surface area contributed by atoms with E-state index < -0.39 is 0 Å². The Morgan fingerprint density at radius 2 is 2.17 bits per heavy atom. The van der Waals surface area contributed by atoms with Gasteiger partial charge in [-0.3, -0.25) is 9.36 Å². The van der Waals surface area contributed by atoms with Crippen LogP contribution in [0.1, 0.15) is 32.7 Å². The molecule has 0 unspecified atom stereocenters. The van der Waals surface area contributed by atoms with Crippen LogP contribution in [0.2, 0.25) is 0 Å². The molecule has 3 rings (SSSR count). The number of benzene rings is 1. The Hall–Kier alpha value is -2.22. The minimum Gasteiger partial charge on any atom is -0.494 e. The molecule has 1 saturated carbocycles. The lowest BCUT2D eigenvalue weighted by Crippen LogP contribution is -2.23. The molecular weight excluding hydrogens is 328 g/mol. The van der Waals surface area contributed by atoms with Crippen molar-refractivity contribution in [3.05, 3.63) is 34.7 Å². The summed E-state index contributed by atoms with van der Waals surface area (Å²) in [6.45, 7) is 4.32. The first-order chi connectivity index (χ1) is 11.6. The first kappa shape index (κ1) is 16.6. The molecule has 0 bridgehead atoms. The van der Waals surface area contributed by atoms with Crippen molar-refractivity contribution in [3.63, 3.8) is 0 Å². The molecule has 0 saturated heterocycles. The van der Waals surface area contributed by atoms with Gasteiger partial charge in [0.1, 0.15) is 5.75 Å². The van der Waals surface area contributed by atoms with E-state index in [-0.39, 0.29) is 22.9 Å². The number of aromatic amines is 1. The predicted octanol–water partition coefficient (Wildman–Crippen LogP) is 2.42. The summed E-state index contributed by atoms with van der Waals surface area (Å²) in [5.41, 5.74) is 0.497. The number of thioether (sulfide) groups is 1. The Labute approximate surface area is 143 Å². The Kier molecular flexibility index (Phi) is 4.94. The van der Waals surface area contributed by atoms with Crippen molar-refractivity contribution < 1.29 is 9.53 Å². The molecule has 1 amide bonds. The average Bonchev–Trinajstić information content (AvgIpc) is 3.33. The van der Waals surface area contributed by atoms with Crippen molar-refractivity contribution in [2.45, 2.75) is 43.1 Å². The summed E-state index contributed by atoms with van der Waals surface area (Å²) >= 11 is 1.28. The molecule has 8 heteroatoms. The molecule has 1 aromatic heterocycles. The molecule has 2 N–H and O–H groups in total. The summed E-state index contributed by atoms with van der Waals surface area (Å²) in [6.07, 6.45) is 1.97. The second kappa shape index (κ2) is 7.12. The van der Waals surface area contributed by atoms with Crippen LogP contribution in [0, 0.1) is 0 Å². The van der Waals surface area contributed by atoms with E-state index >= 15 is 0 Å². The van der Waals surface area contributed by atoms with Gasteiger partial charge in [0, 0.05) is 11.7 Å². The number of nitrogens with one attached hydrogen (secondary N) is 2. The number of carbonyl (C=O) groups is 1. The highest BCUT2D eigenvalue weighted by Crippen LogP contribution is 2.36. The number of nitrogens with zero attached hydrogens (tertiary/aromatic N) is 2. The molecule has 0 spiro atoms. The van der Waals surface area contributed by atoms with Gasteiger partial charge in [-0.05, 0) is 51.0 Å². The summed E-state index contributed by atoms with van der Waals surface area (Å²) in [6, 6.07) is 7.45. The van der Waals surface area contributed by atoms with Crippen LogP contribution in [0.25, 0.3) is 0 Å². The highest BCUT2D eigenvalue weighted by molar-refractivity contribution is 8.00. The summed E-state index contributed by atoms with van der Waals surface area (Å²) in [7, 11) is 0. The monoisotopic (exact) mass is 348 g/mol. The van der Waals surface area contributed by atoms with Gasteiger partial charge in [-0.25, -0.2) is 9.89 Å². The van der Waals surface area contributed by atoms with Crippen molar-refractivity contribution in [1.29, 1.82) is 0 Å². The van der Waals surface area contributed by atoms with Crippen molar-refractivity contribution in [1.82, 2.24) is 14.8 Å². The Bertz CT molecular complexity index is 764. The number of amides is 1. The molecule has 0 aliphatic heterocycles. The molecule has 0 radical (unpaired) electrons. The number of rotatable bonds is 7. The molecule has 1 fully saturated rings. The molecule has 24 heavy (non-hydrogen) atoms. The maximum absolute atomic E-state index is 12.3. The average molecular weight is 348 g/mol. The summed E-state index contributed by atoms with van der Waals surface area (Å²) in [4.78, 5) is 24.1. The number of hydrogen-bond donors (Lipinski definition) is 2. The van der Waals surface area contributed by atoms with Gasteiger partial charge in [0.05, 0.1) is 11.9 Å². The number of hydrogen-bond acceptors (Lipinski definition) is 5. The quantitative estimate of drug-likeness (QED) is 0.750. The van der Waals surface area contributed by atoms with Crippen LogP contribution in [0.3, 0.4) is 0 Å². The lowest BCUT2D eigenvalue weighted by atomic mass is 10.3. The van der Waals surface area contributed by atoms with E-state index in [0.29, 0.717) is 17.5 Å². The van der Waals surface area contributed by atoms with Crippen molar-refractivity contribution >= 4 is 23.4 Å².